The van der Waals surface area contributed by atoms with Crippen LogP contribution in [0, 0.1) is 0 Å². The molecule has 3 aromatic rings. The van der Waals surface area contributed by atoms with E-state index in [2.05, 4.69) is 47.2 Å². The first-order chi connectivity index (χ1) is 13.2. The van der Waals surface area contributed by atoms with E-state index in [1.807, 2.05) is 17.0 Å². The Kier molecular flexibility index (Phi) is 5.74. The van der Waals surface area contributed by atoms with E-state index >= 15 is 0 Å². The average Bonchev–Trinajstić information content (AvgIpc) is 3.06. The minimum absolute atomic E-state index is 0.259. The number of nitrogens with zero attached hydrogens (tertiary/aromatic N) is 2. The maximum Gasteiger partial charge on any atom is 0.232 e. The van der Waals surface area contributed by atoms with Gasteiger partial charge in [-0.3, -0.25) is 4.79 Å². The summed E-state index contributed by atoms with van der Waals surface area (Å²) < 4.78 is 2.26. The predicted molar refractivity (Wildman–Crippen MR) is 114 cm³/mol. The van der Waals surface area contributed by atoms with Gasteiger partial charge in [-0.05, 0) is 43.0 Å². The fraction of sp³-hybridized carbons (Fsp3) is 0.318. The molecule has 0 unspecified atom stereocenters. The summed E-state index contributed by atoms with van der Waals surface area (Å²) >= 11 is 7.66. The van der Waals surface area contributed by atoms with Crippen molar-refractivity contribution in [3.63, 3.8) is 0 Å². The smallest absolute Gasteiger partial charge is 0.232 e. The number of fused-ring (bicyclic) bond motifs is 1. The van der Waals surface area contributed by atoms with Crippen LogP contribution in [0.15, 0.2) is 59.6 Å². The molecule has 1 fully saturated rings. The van der Waals surface area contributed by atoms with Gasteiger partial charge in [0.1, 0.15) is 0 Å². The van der Waals surface area contributed by atoms with Crippen LogP contribution < -0.4 is 0 Å². The second-order valence-corrected chi connectivity index (χ2v) is 8.45. The lowest BCUT2D eigenvalue weighted by atomic mass is 10.1. The monoisotopic (exact) mass is 398 g/mol. The highest BCUT2D eigenvalue weighted by atomic mass is 35.5. The molecule has 0 N–H and O–H groups in total. The van der Waals surface area contributed by atoms with Crippen molar-refractivity contribution in [3.05, 3.63) is 65.3 Å². The molecule has 0 spiro atoms. The molecule has 0 aliphatic carbocycles. The van der Waals surface area contributed by atoms with Crippen molar-refractivity contribution in [2.45, 2.75) is 30.7 Å². The van der Waals surface area contributed by atoms with Gasteiger partial charge in [0.2, 0.25) is 5.91 Å². The van der Waals surface area contributed by atoms with Crippen LogP contribution in [0.4, 0.5) is 0 Å². The minimum atomic E-state index is 0.259. The SMILES string of the molecule is O=C(CSc1cn(Cc2ccc(Cl)cc2)c2ccccc12)N1CCCCC1. The van der Waals surface area contributed by atoms with Crippen LogP contribution >= 0.6 is 23.4 Å². The normalized spacial score (nSPS) is 14.6. The Morgan fingerprint density at radius 3 is 2.52 bits per heavy atom. The van der Waals surface area contributed by atoms with Crippen LogP contribution in [0.2, 0.25) is 5.02 Å². The number of thioether (sulfide) groups is 1. The number of rotatable bonds is 5. The molecule has 0 saturated carbocycles. The first-order valence-corrected chi connectivity index (χ1v) is 10.8. The summed E-state index contributed by atoms with van der Waals surface area (Å²) in [6.45, 7) is 2.62. The van der Waals surface area contributed by atoms with E-state index in [1.165, 1.54) is 27.8 Å². The fourth-order valence-electron chi connectivity index (χ4n) is 3.62. The summed E-state index contributed by atoms with van der Waals surface area (Å²) in [6.07, 6.45) is 5.69. The highest BCUT2D eigenvalue weighted by Gasteiger charge is 2.17. The third kappa shape index (κ3) is 4.33. The van der Waals surface area contributed by atoms with Crippen molar-refractivity contribution < 1.29 is 4.79 Å². The fourth-order valence-corrected chi connectivity index (χ4v) is 4.74. The number of piperidine rings is 1. The van der Waals surface area contributed by atoms with Crippen LogP contribution in [-0.4, -0.2) is 34.2 Å². The van der Waals surface area contributed by atoms with Gasteiger partial charge in [0.05, 0.1) is 5.75 Å². The Bertz CT molecular complexity index is 929. The van der Waals surface area contributed by atoms with E-state index < -0.39 is 0 Å². The van der Waals surface area contributed by atoms with Crippen LogP contribution in [0.3, 0.4) is 0 Å². The highest BCUT2D eigenvalue weighted by molar-refractivity contribution is 8.00. The van der Waals surface area contributed by atoms with Gasteiger partial charge in [0.15, 0.2) is 0 Å². The van der Waals surface area contributed by atoms with Crippen LogP contribution in [-0.2, 0) is 11.3 Å². The van der Waals surface area contributed by atoms with Crippen molar-refractivity contribution in [2.24, 2.45) is 0 Å². The molecule has 0 bridgehead atoms. The zero-order valence-corrected chi connectivity index (χ0v) is 16.8. The first kappa shape index (κ1) is 18.5. The van der Waals surface area contributed by atoms with Crippen molar-refractivity contribution in [1.29, 1.82) is 0 Å². The Balaban J connectivity index is 1.52. The molecule has 1 amide bonds. The van der Waals surface area contributed by atoms with Gasteiger partial charge >= 0.3 is 0 Å². The quantitative estimate of drug-likeness (QED) is 0.534. The van der Waals surface area contributed by atoms with Crippen LogP contribution in [0.5, 0.6) is 0 Å². The zero-order valence-electron chi connectivity index (χ0n) is 15.2. The molecule has 2 aromatic carbocycles. The average molecular weight is 399 g/mol. The van der Waals surface area contributed by atoms with Crippen molar-refractivity contribution >= 4 is 40.2 Å². The predicted octanol–water partition coefficient (Wildman–Crippen LogP) is 5.45. The third-order valence-corrected chi connectivity index (χ3v) is 6.36. The van der Waals surface area contributed by atoms with Gasteiger partial charge in [0, 0.05) is 46.7 Å². The highest BCUT2D eigenvalue weighted by Crippen LogP contribution is 2.31. The van der Waals surface area contributed by atoms with E-state index in [9.17, 15) is 4.79 Å². The van der Waals surface area contributed by atoms with Gasteiger partial charge in [-0.1, -0.05) is 41.9 Å². The van der Waals surface area contributed by atoms with E-state index in [4.69, 9.17) is 11.6 Å². The van der Waals surface area contributed by atoms with Crippen molar-refractivity contribution in [1.82, 2.24) is 9.47 Å². The number of carbonyl (C=O) groups is 1. The summed E-state index contributed by atoms with van der Waals surface area (Å²) in [6, 6.07) is 16.4. The largest absolute Gasteiger partial charge is 0.342 e. The van der Waals surface area contributed by atoms with Gasteiger partial charge in [-0.25, -0.2) is 0 Å². The van der Waals surface area contributed by atoms with E-state index in [-0.39, 0.29) is 5.91 Å². The number of hydrogen-bond acceptors (Lipinski definition) is 2. The van der Waals surface area contributed by atoms with Crippen LogP contribution in [0.25, 0.3) is 10.9 Å². The zero-order chi connectivity index (χ0) is 18.6. The number of aromatic nitrogens is 1. The number of carbonyl (C=O) groups excluding carboxylic acids is 1. The molecule has 4 rings (SSSR count). The standard InChI is InChI=1S/C22H23ClN2OS/c23-18-10-8-17(9-11-18)14-25-15-21(19-6-2-3-7-20(19)25)27-16-22(26)24-12-4-1-5-13-24/h2-3,6-11,15H,1,4-5,12-14,16H2. The molecule has 3 nitrogen and oxygen atoms in total. The second kappa shape index (κ2) is 8.41. The second-order valence-electron chi connectivity index (χ2n) is 6.99. The van der Waals surface area contributed by atoms with Gasteiger partial charge in [0.25, 0.3) is 0 Å². The lowest BCUT2D eigenvalue weighted by Crippen LogP contribution is -2.36. The molecule has 140 valence electrons. The topological polar surface area (TPSA) is 25.2 Å². The van der Waals surface area contributed by atoms with Gasteiger partial charge in [-0.15, -0.1) is 11.8 Å². The molecular weight excluding hydrogens is 376 g/mol. The van der Waals surface area contributed by atoms with Crippen molar-refractivity contribution in [2.75, 3.05) is 18.8 Å². The molecule has 1 saturated heterocycles. The molecule has 0 atom stereocenters. The third-order valence-electron chi connectivity index (χ3n) is 5.08. The Hall–Kier alpha value is -1.91. The van der Waals surface area contributed by atoms with Gasteiger partial charge in [-0.2, -0.15) is 0 Å². The molecule has 1 aliphatic heterocycles. The summed E-state index contributed by atoms with van der Waals surface area (Å²) in [5, 5.41) is 1.96. The Labute approximate surface area is 169 Å². The number of likely N-dealkylation sites (tertiary alicyclic amines) is 1. The first-order valence-electron chi connectivity index (χ1n) is 9.43. The van der Waals surface area contributed by atoms with Crippen LogP contribution in [0.1, 0.15) is 24.8 Å². The molecule has 2 heterocycles. The molecule has 5 heteroatoms. The molecular formula is C22H23ClN2OS. The minimum Gasteiger partial charge on any atom is -0.342 e. The Morgan fingerprint density at radius 2 is 1.74 bits per heavy atom. The molecule has 27 heavy (non-hydrogen) atoms. The maximum atomic E-state index is 12.5. The van der Waals surface area contributed by atoms with Crippen molar-refractivity contribution in [3.8, 4) is 0 Å². The molecule has 1 aromatic heterocycles. The summed E-state index contributed by atoms with van der Waals surface area (Å²) in [4.78, 5) is 15.7. The number of para-hydroxylation sites is 1. The Morgan fingerprint density at radius 1 is 1.00 bits per heavy atom. The maximum absolute atomic E-state index is 12.5. The van der Waals surface area contributed by atoms with E-state index in [0.717, 1.165) is 37.5 Å². The number of hydrogen-bond donors (Lipinski definition) is 0. The number of halogens is 1. The summed E-state index contributed by atoms with van der Waals surface area (Å²) in [5.74, 6) is 0.767. The van der Waals surface area contributed by atoms with E-state index in [1.54, 1.807) is 11.8 Å². The molecule has 0 radical (unpaired) electrons. The van der Waals surface area contributed by atoms with E-state index in [0.29, 0.717) is 5.75 Å². The lowest BCUT2D eigenvalue weighted by Gasteiger charge is -2.26. The number of amides is 1. The summed E-state index contributed by atoms with van der Waals surface area (Å²) in [5.41, 5.74) is 2.40. The summed E-state index contributed by atoms with van der Waals surface area (Å²) in [7, 11) is 0. The number of benzene rings is 2. The lowest BCUT2D eigenvalue weighted by molar-refractivity contribution is -0.129. The molecule has 1 aliphatic rings. The van der Waals surface area contributed by atoms with Gasteiger partial charge < -0.3 is 9.47 Å².